The second kappa shape index (κ2) is 8.41. The van der Waals surface area contributed by atoms with Gasteiger partial charge in [0.2, 0.25) is 5.91 Å². The van der Waals surface area contributed by atoms with Crippen LogP contribution in [-0.2, 0) is 16.1 Å². The number of amides is 2. The standard InChI is InChI=1S/C16H22Cl2N2O3/c1-16(2,3)23-15(22)19-8-7-14(21)20(4)10-11-5-6-12(17)9-13(11)18/h5-6,9H,7-8,10H2,1-4H3,(H,19,22). The van der Waals surface area contributed by atoms with Gasteiger partial charge in [-0.15, -0.1) is 0 Å². The van der Waals surface area contributed by atoms with Gasteiger partial charge in [-0.2, -0.15) is 0 Å². The van der Waals surface area contributed by atoms with E-state index >= 15 is 0 Å². The maximum atomic E-state index is 12.1. The minimum atomic E-state index is -0.559. The fraction of sp³-hybridized carbons (Fsp3) is 0.500. The van der Waals surface area contributed by atoms with Crippen LogP contribution in [0, 0.1) is 0 Å². The van der Waals surface area contributed by atoms with Gasteiger partial charge in [0, 0.05) is 36.6 Å². The van der Waals surface area contributed by atoms with E-state index in [1.807, 2.05) is 0 Å². The number of hydrogen-bond acceptors (Lipinski definition) is 3. The molecule has 0 atom stereocenters. The van der Waals surface area contributed by atoms with Gasteiger partial charge < -0.3 is 15.0 Å². The third-order valence-electron chi connectivity index (χ3n) is 2.86. The Morgan fingerprint density at radius 2 is 1.91 bits per heavy atom. The van der Waals surface area contributed by atoms with E-state index in [1.54, 1.807) is 50.9 Å². The number of carbonyl (C=O) groups excluding carboxylic acids is 2. The molecular formula is C16H22Cl2N2O3. The quantitative estimate of drug-likeness (QED) is 0.866. The summed E-state index contributed by atoms with van der Waals surface area (Å²) in [7, 11) is 1.68. The normalized spacial score (nSPS) is 11.0. The molecule has 0 fully saturated rings. The predicted octanol–water partition coefficient (Wildman–Crippen LogP) is 3.87. The molecular weight excluding hydrogens is 339 g/mol. The Balaban J connectivity index is 2.41. The van der Waals surface area contributed by atoms with E-state index in [9.17, 15) is 9.59 Å². The molecule has 1 rings (SSSR count). The highest BCUT2D eigenvalue weighted by molar-refractivity contribution is 6.35. The monoisotopic (exact) mass is 360 g/mol. The van der Waals surface area contributed by atoms with Gasteiger partial charge in [0.25, 0.3) is 0 Å². The zero-order chi connectivity index (χ0) is 17.6. The predicted molar refractivity (Wildman–Crippen MR) is 91.8 cm³/mol. The molecule has 0 aromatic heterocycles. The Hall–Kier alpha value is -1.46. The fourth-order valence-electron chi connectivity index (χ4n) is 1.77. The van der Waals surface area contributed by atoms with Crippen molar-refractivity contribution >= 4 is 35.2 Å². The SMILES string of the molecule is CN(Cc1ccc(Cl)cc1Cl)C(=O)CCNC(=O)OC(C)(C)C. The number of rotatable bonds is 5. The van der Waals surface area contributed by atoms with Gasteiger partial charge in [-0.1, -0.05) is 29.3 Å². The van der Waals surface area contributed by atoms with E-state index in [-0.39, 0.29) is 18.9 Å². The highest BCUT2D eigenvalue weighted by atomic mass is 35.5. The lowest BCUT2D eigenvalue weighted by Gasteiger charge is -2.20. The number of hydrogen-bond donors (Lipinski definition) is 1. The first kappa shape index (κ1) is 19.6. The maximum absolute atomic E-state index is 12.1. The van der Waals surface area contributed by atoms with Crippen molar-refractivity contribution in [2.24, 2.45) is 0 Å². The summed E-state index contributed by atoms with van der Waals surface area (Å²) in [4.78, 5) is 25.1. The Morgan fingerprint density at radius 1 is 1.26 bits per heavy atom. The van der Waals surface area contributed by atoms with E-state index in [2.05, 4.69) is 5.32 Å². The minimum Gasteiger partial charge on any atom is -0.444 e. The fourth-order valence-corrected chi connectivity index (χ4v) is 2.24. The third-order valence-corrected chi connectivity index (χ3v) is 3.44. The molecule has 0 bridgehead atoms. The van der Waals surface area contributed by atoms with Crippen molar-refractivity contribution in [3.8, 4) is 0 Å². The Morgan fingerprint density at radius 3 is 2.48 bits per heavy atom. The van der Waals surface area contributed by atoms with E-state index in [4.69, 9.17) is 27.9 Å². The van der Waals surface area contributed by atoms with Crippen molar-refractivity contribution in [2.45, 2.75) is 39.3 Å². The van der Waals surface area contributed by atoms with Crippen LogP contribution in [0.15, 0.2) is 18.2 Å². The molecule has 1 N–H and O–H groups in total. The Kier molecular flexibility index (Phi) is 7.16. The van der Waals surface area contributed by atoms with Crippen LogP contribution >= 0.6 is 23.2 Å². The van der Waals surface area contributed by atoms with Crippen LogP contribution < -0.4 is 5.32 Å². The summed E-state index contributed by atoms with van der Waals surface area (Å²) in [6.07, 6.45) is -0.352. The van der Waals surface area contributed by atoms with Gasteiger partial charge in [-0.05, 0) is 38.5 Å². The number of ether oxygens (including phenoxy) is 1. The van der Waals surface area contributed by atoms with Crippen LogP contribution in [0.4, 0.5) is 4.79 Å². The molecule has 2 amide bonds. The van der Waals surface area contributed by atoms with Crippen molar-refractivity contribution in [3.63, 3.8) is 0 Å². The molecule has 0 aliphatic heterocycles. The summed E-state index contributed by atoms with van der Waals surface area (Å²) >= 11 is 11.9. The number of halogens is 2. The van der Waals surface area contributed by atoms with Crippen molar-refractivity contribution in [3.05, 3.63) is 33.8 Å². The van der Waals surface area contributed by atoms with E-state index in [0.717, 1.165) is 5.56 Å². The molecule has 0 saturated carbocycles. The number of carbonyl (C=O) groups is 2. The largest absolute Gasteiger partial charge is 0.444 e. The van der Waals surface area contributed by atoms with Gasteiger partial charge in [-0.25, -0.2) is 4.79 Å². The number of alkyl carbamates (subject to hydrolysis) is 1. The lowest BCUT2D eigenvalue weighted by atomic mass is 10.2. The summed E-state index contributed by atoms with van der Waals surface area (Å²) in [5.41, 5.74) is 0.253. The molecule has 0 heterocycles. The van der Waals surface area contributed by atoms with Crippen molar-refractivity contribution < 1.29 is 14.3 Å². The molecule has 0 unspecified atom stereocenters. The Bertz CT molecular complexity index is 571. The first-order chi connectivity index (χ1) is 10.6. The van der Waals surface area contributed by atoms with Crippen molar-refractivity contribution in [2.75, 3.05) is 13.6 Å². The van der Waals surface area contributed by atoms with Crippen molar-refractivity contribution in [1.29, 1.82) is 0 Å². The first-order valence-corrected chi connectivity index (χ1v) is 7.99. The average Bonchev–Trinajstić information content (AvgIpc) is 2.39. The number of nitrogens with zero attached hydrogens (tertiary/aromatic N) is 1. The second-order valence-corrected chi connectivity index (χ2v) is 7.01. The third kappa shape index (κ3) is 7.57. The zero-order valence-corrected chi connectivity index (χ0v) is 15.3. The molecule has 7 heteroatoms. The van der Waals surface area contributed by atoms with Crippen molar-refractivity contribution in [1.82, 2.24) is 10.2 Å². The minimum absolute atomic E-state index is 0.105. The van der Waals surface area contributed by atoms with Crippen LogP contribution in [-0.4, -0.2) is 36.1 Å². The number of nitrogens with one attached hydrogen (secondary N) is 1. The smallest absolute Gasteiger partial charge is 0.407 e. The average molecular weight is 361 g/mol. The van der Waals surface area contributed by atoms with Crippen LogP contribution in [0.2, 0.25) is 10.0 Å². The summed E-state index contributed by atoms with van der Waals surface area (Å²) in [6, 6.07) is 5.15. The molecule has 1 aromatic carbocycles. The zero-order valence-electron chi connectivity index (χ0n) is 13.8. The van der Waals surface area contributed by atoms with Gasteiger partial charge >= 0.3 is 6.09 Å². The van der Waals surface area contributed by atoms with Crippen LogP contribution in [0.3, 0.4) is 0 Å². The first-order valence-electron chi connectivity index (χ1n) is 7.23. The molecule has 0 aliphatic rings. The highest BCUT2D eigenvalue weighted by Crippen LogP contribution is 2.22. The Labute approximate surface area is 146 Å². The topological polar surface area (TPSA) is 58.6 Å². The molecule has 128 valence electrons. The van der Waals surface area contributed by atoms with Gasteiger partial charge in [0.15, 0.2) is 0 Å². The van der Waals surface area contributed by atoms with Gasteiger partial charge in [-0.3, -0.25) is 4.79 Å². The molecule has 1 aromatic rings. The maximum Gasteiger partial charge on any atom is 0.407 e. The molecule has 0 aliphatic carbocycles. The molecule has 0 radical (unpaired) electrons. The summed E-state index contributed by atoms with van der Waals surface area (Å²) in [5.74, 6) is -0.105. The van der Waals surface area contributed by atoms with E-state index in [0.29, 0.717) is 16.6 Å². The van der Waals surface area contributed by atoms with Crippen LogP contribution in [0.25, 0.3) is 0 Å². The summed E-state index contributed by atoms with van der Waals surface area (Å²) < 4.78 is 5.10. The molecule has 0 spiro atoms. The van der Waals surface area contributed by atoms with E-state index in [1.165, 1.54) is 0 Å². The number of benzene rings is 1. The van der Waals surface area contributed by atoms with Gasteiger partial charge in [0.05, 0.1) is 0 Å². The van der Waals surface area contributed by atoms with Crippen LogP contribution in [0.5, 0.6) is 0 Å². The molecule has 5 nitrogen and oxygen atoms in total. The highest BCUT2D eigenvalue weighted by Gasteiger charge is 2.16. The molecule has 23 heavy (non-hydrogen) atoms. The second-order valence-electron chi connectivity index (χ2n) is 6.16. The summed E-state index contributed by atoms with van der Waals surface area (Å²) in [6.45, 7) is 5.93. The van der Waals surface area contributed by atoms with Gasteiger partial charge in [0.1, 0.15) is 5.60 Å². The van der Waals surface area contributed by atoms with E-state index < -0.39 is 11.7 Å². The lowest BCUT2D eigenvalue weighted by Crippen LogP contribution is -2.35. The lowest BCUT2D eigenvalue weighted by molar-refractivity contribution is -0.130. The van der Waals surface area contributed by atoms with Crippen LogP contribution in [0.1, 0.15) is 32.8 Å². The molecule has 0 saturated heterocycles. The summed E-state index contributed by atoms with van der Waals surface area (Å²) in [5, 5.41) is 3.62.